The molecule has 8 heteroatoms. The third-order valence-electron chi connectivity index (χ3n) is 3.03. The van der Waals surface area contributed by atoms with Crippen LogP contribution in [-0.4, -0.2) is 15.9 Å². The molecule has 2 N–H and O–H groups in total. The van der Waals surface area contributed by atoms with Crippen LogP contribution in [0.4, 0.5) is 11.4 Å². The zero-order valence-corrected chi connectivity index (χ0v) is 14.4. The average molecular weight is 394 g/mol. The minimum Gasteiger partial charge on any atom is -0.331 e. The van der Waals surface area contributed by atoms with Gasteiger partial charge in [-0.05, 0) is 52.8 Å². The molecule has 0 saturated heterocycles. The number of nitro groups is 1. The summed E-state index contributed by atoms with van der Waals surface area (Å²) in [6, 6.07) is 11.4. The van der Waals surface area contributed by atoms with E-state index in [4.69, 9.17) is 12.2 Å². The average Bonchev–Trinajstić information content (AvgIpc) is 2.49. The molecule has 0 aliphatic carbocycles. The summed E-state index contributed by atoms with van der Waals surface area (Å²) in [4.78, 5) is 22.4. The van der Waals surface area contributed by atoms with Crippen molar-refractivity contribution in [1.82, 2.24) is 5.32 Å². The standard InChI is InChI=1S/C15H12BrN3O3S/c1-9-4-2-3-5-11(9)14(20)18-15(23)17-13-7-6-10(19(21)22)8-12(13)16/h2-8H,1H3,(H2,17,18,20,23). The number of anilines is 1. The molecule has 0 atom stereocenters. The van der Waals surface area contributed by atoms with Gasteiger partial charge < -0.3 is 5.32 Å². The Balaban J connectivity index is 2.07. The molecule has 1 amide bonds. The van der Waals surface area contributed by atoms with Gasteiger partial charge in [0.15, 0.2) is 5.11 Å². The van der Waals surface area contributed by atoms with E-state index >= 15 is 0 Å². The van der Waals surface area contributed by atoms with Gasteiger partial charge >= 0.3 is 0 Å². The van der Waals surface area contributed by atoms with Crippen LogP contribution in [0.2, 0.25) is 0 Å². The quantitative estimate of drug-likeness (QED) is 0.470. The van der Waals surface area contributed by atoms with Crippen molar-refractivity contribution in [3.63, 3.8) is 0 Å². The van der Waals surface area contributed by atoms with Crippen LogP contribution in [0.3, 0.4) is 0 Å². The van der Waals surface area contributed by atoms with Crippen molar-refractivity contribution in [3.8, 4) is 0 Å². The third kappa shape index (κ3) is 4.33. The first-order valence-corrected chi connectivity index (χ1v) is 7.70. The fourth-order valence-corrected chi connectivity index (χ4v) is 2.54. The molecule has 23 heavy (non-hydrogen) atoms. The molecule has 0 fully saturated rings. The highest BCUT2D eigenvalue weighted by Gasteiger charge is 2.13. The summed E-state index contributed by atoms with van der Waals surface area (Å²) in [5.74, 6) is -0.321. The van der Waals surface area contributed by atoms with Crippen LogP contribution in [0.5, 0.6) is 0 Å². The smallest absolute Gasteiger partial charge is 0.270 e. The first kappa shape index (κ1) is 17.0. The minimum absolute atomic E-state index is 0.0442. The van der Waals surface area contributed by atoms with Crippen molar-refractivity contribution < 1.29 is 9.72 Å². The van der Waals surface area contributed by atoms with Crippen LogP contribution in [0.15, 0.2) is 46.9 Å². The maximum Gasteiger partial charge on any atom is 0.270 e. The topological polar surface area (TPSA) is 84.3 Å². The van der Waals surface area contributed by atoms with Gasteiger partial charge in [-0.2, -0.15) is 0 Å². The molecule has 2 rings (SSSR count). The van der Waals surface area contributed by atoms with Crippen LogP contribution in [0.1, 0.15) is 15.9 Å². The molecule has 2 aromatic rings. The highest BCUT2D eigenvalue weighted by Crippen LogP contribution is 2.27. The van der Waals surface area contributed by atoms with Gasteiger partial charge in [-0.15, -0.1) is 0 Å². The number of non-ortho nitro benzene ring substituents is 1. The molecule has 0 heterocycles. The molecule has 0 aliphatic rings. The molecule has 2 aromatic carbocycles. The second kappa shape index (κ2) is 7.30. The van der Waals surface area contributed by atoms with E-state index in [1.54, 1.807) is 12.1 Å². The molecule has 0 spiro atoms. The van der Waals surface area contributed by atoms with Gasteiger partial charge in [0.05, 0.1) is 10.6 Å². The molecule has 6 nitrogen and oxygen atoms in total. The number of carbonyl (C=O) groups excluding carboxylic acids is 1. The number of aryl methyl sites for hydroxylation is 1. The van der Waals surface area contributed by atoms with E-state index in [0.29, 0.717) is 15.7 Å². The van der Waals surface area contributed by atoms with E-state index in [-0.39, 0.29) is 16.7 Å². The summed E-state index contributed by atoms with van der Waals surface area (Å²) in [6.07, 6.45) is 0. The van der Waals surface area contributed by atoms with Crippen molar-refractivity contribution in [1.29, 1.82) is 0 Å². The van der Waals surface area contributed by atoms with Gasteiger partial charge in [-0.25, -0.2) is 0 Å². The second-order valence-electron chi connectivity index (χ2n) is 4.64. The lowest BCUT2D eigenvalue weighted by molar-refractivity contribution is -0.384. The van der Waals surface area contributed by atoms with E-state index in [1.165, 1.54) is 18.2 Å². The number of benzene rings is 2. The third-order valence-corrected chi connectivity index (χ3v) is 3.89. The largest absolute Gasteiger partial charge is 0.331 e. The normalized spacial score (nSPS) is 10.0. The van der Waals surface area contributed by atoms with Crippen LogP contribution in [-0.2, 0) is 0 Å². The number of rotatable bonds is 3. The molecular weight excluding hydrogens is 382 g/mol. The fraction of sp³-hybridized carbons (Fsp3) is 0.0667. The second-order valence-corrected chi connectivity index (χ2v) is 5.91. The summed E-state index contributed by atoms with van der Waals surface area (Å²) in [6.45, 7) is 1.83. The Kier molecular flexibility index (Phi) is 5.41. The highest BCUT2D eigenvalue weighted by atomic mass is 79.9. The zero-order valence-electron chi connectivity index (χ0n) is 12.0. The number of amides is 1. The Morgan fingerprint density at radius 3 is 2.57 bits per heavy atom. The number of hydrogen-bond acceptors (Lipinski definition) is 4. The van der Waals surface area contributed by atoms with E-state index in [9.17, 15) is 14.9 Å². The number of thiocarbonyl (C=S) groups is 1. The van der Waals surface area contributed by atoms with Crippen molar-refractivity contribution in [3.05, 3.63) is 68.2 Å². The van der Waals surface area contributed by atoms with Crippen molar-refractivity contribution in [2.24, 2.45) is 0 Å². The Bertz CT molecular complexity index is 795. The summed E-state index contributed by atoms with van der Waals surface area (Å²) in [5, 5.41) is 16.2. The highest BCUT2D eigenvalue weighted by molar-refractivity contribution is 9.10. The number of halogens is 1. The van der Waals surface area contributed by atoms with Crippen molar-refractivity contribution in [2.45, 2.75) is 6.92 Å². The first-order chi connectivity index (χ1) is 10.9. The van der Waals surface area contributed by atoms with Crippen LogP contribution < -0.4 is 10.6 Å². The summed E-state index contributed by atoms with van der Waals surface area (Å²) in [5.41, 5.74) is 1.84. The molecule has 0 aromatic heterocycles. The lowest BCUT2D eigenvalue weighted by Gasteiger charge is -2.11. The molecule has 0 radical (unpaired) electrons. The van der Waals surface area contributed by atoms with Gasteiger partial charge in [0.25, 0.3) is 11.6 Å². The van der Waals surface area contributed by atoms with Crippen molar-refractivity contribution in [2.75, 3.05) is 5.32 Å². The lowest BCUT2D eigenvalue weighted by atomic mass is 10.1. The Morgan fingerprint density at radius 2 is 1.96 bits per heavy atom. The Labute approximate surface area is 146 Å². The minimum atomic E-state index is -0.493. The Hall–Kier alpha value is -2.32. The van der Waals surface area contributed by atoms with E-state index in [2.05, 4.69) is 26.6 Å². The number of nitrogens with zero attached hydrogens (tertiary/aromatic N) is 1. The van der Waals surface area contributed by atoms with Gasteiger partial charge in [-0.3, -0.25) is 20.2 Å². The molecule has 0 saturated carbocycles. The first-order valence-electron chi connectivity index (χ1n) is 6.50. The summed E-state index contributed by atoms with van der Waals surface area (Å²) >= 11 is 8.33. The molecule has 0 unspecified atom stereocenters. The Morgan fingerprint density at radius 1 is 1.26 bits per heavy atom. The number of carbonyl (C=O) groups is 1. The van der Waals surface area contributed by atoms with E-state index in [1.807, 2.05) is 19.1 Å². The van der Waals surface area contributed by atoms with Gasteiger partial charge in [0.1, 0.15) is 0 Å². The summed E-state index contributed by atoms with van der Waals surface area (Å²) < 4.78 is 0.471. The zero-order chi connectivity index (χ0) is 17.0. The SMILES string of the molecule is Cc1ccccc1C(=O)NC(=S)Nc1ccc([N+](=O)[O-])cc1Br. The van der Waals surface area contributed by atoms with Gasteiger partial charge in [0.2, 0.25) is 0 Å². The molecule has 0 bridgehead atoms. The van der Waals surface area contributed by atoms with Crippen LogP contribution >= 0.6 is 28.1 Å². The monoisotopic (exact) mass is 393 g/mol. The maximum atomic E-state index is 12.2. The number of nitro benzene ring substituents is 1. The van der Waals surface area contributed by atoms with Gasteiger partial charge in [-0.1, -0.05) is 18.2 Å². The number of hydrogen-bond donors (Lipinski definition) is 2. The van der Waals surface area contributed by atoms with Gasteiger partial charge in [0, 0.05) is 22.2 Å². The van der Waals surface area contributed by atoms with Crippen LogP contribution in [0.25, 0.3) is 0 Å². The van der Waals surface area contributed by atoms with E-state index in [0.717, 1.165) is 5.56 Å². The van der Waals surface area contributed by atoms with Crippen molar-refractivity contribution >= 4 is 50.5 Å². The molecule has 118 valence electrons. The van der Waals surface area contributed by atoms with E-state index < -0.39 is 4.92 Å². The maximum absolute atomic E-state index is 12.2. The predicted octanol–water partition coefficient (Wildman–Crippen LogP) is 3.79. The number of nitrogens with one attached hydrogen (secondary N) is 2. The molecule has 0 aliphatic heterocycles. The summed E-state index contributed by atoms with van der Waals surface area (Å²) in [7, 11) is 0. The lowest BCUT2D eigenvalue weighted by Crippen LogP contribution is -2.34. The van der Waals surface area contributed by atoms with Crippen LogP contribution in [0, 0.1) is 17.0 Å². The fourth-order valence-electron chi connectivity index (χ4n) is 1.87. The predicted molar refractivity (Wildman–Crippen MR) is 95.7 cm³/mol. The molecular formula is C15H12BrN3O3S.